The summed E-state index contributed by atoms with van der Waals surface area (Å²) in [4.78, 5) is 54.2. The Bertz CT molecular complexity index is 3060. The minimum atomic E-state index is -1.35. The molecule has 0 spiro atoms. The molecule has 5 heterocycles. The molecule has 58 heavy (non-hydrogen) atoms. The summed E-state index contributed by atoms with van der Waals surface area (Å²) in [5, 5.41) is 30.1. The van der Waals surface area contributed by atoms with Gasteiger partial charge in [-0.2, -0.15) is 0 Å². The molecule has 0 saturated heterocycles. The van der Waals surface area contributed by atoms with Gasteiger partial charge in [-0.1, -0.05) is 109 Å². The first-order valence-electron chi connectivity index (χ1n) is 17.5. The van der Waals surface area contributed by atoms with Crippen LogP contribution in [0.5, 0.6) is 5.75 Å². The van der Waals surface area contributed by atoms with Crippen LogP contribution in [0.2, 0.25) is 15.1 Å². The van der Waals surface area contributed by atoms with Crippen LogP contribution in [0.15, 0.2) is 66.7 Å². The minimum absolute atomic E-state index is 0. The van der Waals surface area contributed by atoms with E-state index in [-0.39, 0.29) is 71.2 Å². The number of carbonyl (C=O) groups is 2. The van der Waals surface area contributed by atoms with Gasteiger partial charge >= 0.3 is 29.0 Å². The zero-order valence-electron chi connectivity index (χ0n) is 30.4. The average Bonchev–Trinajstić information content (AvgIpc) is 3.90. The number of fused-ring (bicyclic) bond motifs is 20. The molecule has 0 aliphatic carbocycles. The third-order valence-electron chi connectivity index (χ3n) is 9.60. The second-order valence-corrected chi connectivity index (χ2v) is 15.6. The van der Waals surface area contributed by atoms with E-state index in [9.17, 15) is 19.8 Å². The molecule has 293 valence electrons. The Kier molecular flexibility index (Phi) is 9.85. The molecule has 8 bridgehead atoms. The second-order valence-electron chi connectivity index (χ2n) is 14.5. The Balaban J connectivity index is 0.00000469. The smallest absolute Gasteiger partial charge is 0.486 e. The summed E-state index contributed by atoms with van der Waals surface area (Å²) in [7, 11) is 0. The molecule has 9 rings (SSSR count). The minimum Gasteiger partial charge on any atom is -0.486 e. The van der Waals surface area contributed by atoms with Gasteiger partial charge in [0.1, 0.15) is 11.1 Å². The first kappa shape index (κ1) is 39.1. The maximum atomic E-state index is 11.7. The van der Waals surface area contributed by atoms with E-state index in [2.05, 4.69) is 32.9 Å². The van der Waals surface area contributed by atoms with Crippen LogP contribution in [0.3, 0.4) is 0 Å². The van der Waals surface area contributed by atoms with Crippen molar-refractivity contribution in [2.45, 2.75) is 45.1 Å². The average molecular weight is 884 g/mol. The topological polar surface area (TPSA) is 193 Å². The van der Waals surface area contributed by atoms with E-state index in [1.54, 1.807) is 0 Å². The number of hydrogen-bond acceptors (Lipinski definition) is 9. The summed E-state index contributed by atoms with van der Waals surface area (Å²) >= 11 is 20.8. The van der Waals surface area contributed by atoms with E-state index in [0.717, 1.165) is 16.3 Å². The monoisotopic (exact) mass is 881 g/mol. The molecule has 2 aliphatic heterocycles. The normalized spacial score (nSPS) is 12.1. The van der Waals surface area contributed by atoms with Gasteiger partial charge in [0.25, 0.3) is 5.69 Å². The van der Waals surface area contributed by atoms with E-state index in [1.165, 1.54) is 4.80 Å². The van der Waals surface area contributed by atoms with Crippen molar-refractivity contribution in [3.05, 3.63) is 87.4 Å². The summed E-state index contributed by atoms with van der Waals surface area (Å²) in [5.41, 5.74) is 4.36. The number of para-hydroxylation sites is 1. The number of ether oxygens (including phenoxy) is 1. The molecule has 3 aromatic heterocycles. The van der Waals surface area contributed by atoms with E-state index >= 15 is 0 Å². The van der Waals surface area contributed by atoms with Gasteiger partial charge in [0, 0.05) is 54.8 Å². The maximum Gasteiger partial charge on any atom is 2.00 e. The van der Waals surface area contributed by atoms with Crippen molar-refractivity contribution in [2.75, 3.05) is 0 Å². The van der Waals surface area contributed by atoms with Gasteiger partial charge in [0.05, 0.1) is 45.7 Å². The van der Waals surface area contributed by atoms with Crippen LogP contribution in [-0.2, 0) is 32.1 Å². The Hall–Kier alpha value is -5.70. The zero-order chi connectivity index (χ0) is 39.9. The maximum absolute atomic E-state index is 11.7. The number of carboxylic acids is 2. The van der Waals surface area contributed by atoms with E-state index in [4.69, 9.17) is 79.6 Å². The number of aromatic nitrogens is 9. The van der Waals surface area contributed by atoms with Gasteiger partial charge in [-0.15, -0.1) is 0 Å². The van der Waals surface area contributed by atoms with Crippen LogP contribution in [0.4, 0.5) is 0 Å². The molecule has 2 aliphatic rings. The van der Waals surface area contributed by atoms with Crippen molar-refractivity contribution in [1.82, 2.24) is 40.1 Å². The molecule has 1 radical (unpaired) electrons. The predicted octanol–water partition coefficient (Wildman–Crippen LogP) is 7.69. The third kappa shape index (κ3) is 6.68. The van der Waals surface area contributed by atoms with Gasteiger partial charge in [0.2, 0.25) is 0 Å². The summed E-state index contributed by atoms with van der Waals surface area (Å²) in [6, 6.07) is 20.9. The van der Waals surface area contributed by atoms with Crippen molar-refractivity contribution in [1.29, 1.82) is 0 Å². The molecule has 4 aromatic carbocycles. The van der Waals surface area contributed by atoms with Crippen LogP contribution >= 0.6 is 34.8 Å². The summed E-state index contributed by atoms with van der Waals surface area (Å²) < 4.78 is 5.91. The van der Waals surface area contributed by atoms with Crippen molar-refractivity contribution < 1.29 is 46.4 Å². The quantitative estimate of drug-likeness (QED) is 0.0939. The van der Waals surface area contributed by atoms with E-state index in [1.807, 2.05) is 54.6 Å². The Morgan fingerprint density at radius 1 is 0.690 bits per heavy atom. The third-order valence-corrected chi connectivity index (χ3v) is 10.8. The molecule has 0 fully saturated rings. The first-order chi connectivity index (χ1) is 27.2. The Morgan fingerprint density at radius 3 is 1.91 bits per heavy atom. The van der Waals surface area contributed by atoms with E-state index < -0.39 is 30.9 Å². The number of carboxylic acid groups (broad SMARTS) is 2. The molecule has 2 N–H and O–H groups in total. The summed E-state index contributed by atoms with van der Waals surface area (Å²) in [6.07, 6.45) is -2.67. The van der Waals surface area contributed by atoms with Crippen LogP contribution in [0.1, 0.15) is 39.2 Å². The van der Waals surface area contributed by atoms with Crippen LogP contribution in [-0.4, -0.2) is 58.4 Å². The molecular weight excluding hydrogens is 856 g/mol. The molecule has 0 amide bonds. The van der Waals surface area contributed by atoms with Gasteiger partial charge in [-0.25, -0.2) is 4.98 Å². The number of halogens is 3. The first-order valence-corrected chi connectivity index (χ1v) is 18.7. The second kappa shape index (κ2) is 14.6. The fourth-order valence-electron chi connectivity index (χ4n) is 6.87. The molecule has 0 atom stereocenters. The van der Waals surface area contributed by atoms with Gasteiger partial charge in [-0.3, -0.25) is 9.59 Å². The van der Waals surface area contributed by atoms with E-state index in [0.29, 0.717) is 45.3 Å². The van der Waals surface area contributed by atoms with Gasteiger partial charge in [-0.05, 0) is 33.9 Å². The number of nitrogens with zero attached hydrogens (tertiary/aromatic N) is 9. The van der Waals surface area contributed by atoms with Gasteiger partial charge < -0.3 is 39.9 Å². The van der Waals surface area contributed by atoms with Crippen LogP contribution in [0.25, 0.3) is 84.0 Å². The molecule has 14 nitrogen and oxygen atoms in total. The van der Waals surface area contributed by atoms with Crippen molar-refractivity contribution in [3.63, 3.8) is 0 Å². The Labute approximate surface area is 353 Å². The molecule has 0 unspecified atom stereocenters. The van der Waals surface area contributed by atoms with Crippen molar-refractivity contribution in [3.8, 4) is 45.6 Å². The largest absolute Gasteiger partial charge is 2.00 e. The standard InChI is InChI=1S/C40H28Cl3N9O5.Cu/c1-40(2,3)17-12-13-21-23(14-17)36-46-35(21)45-33-19-8-4-5-9-20(19)34(44-33)48-38-27-28(39(49-38)51-52-24-11-7-6-10-22(24)37(47-36)50-52)30(42)32(31(43)29(27)41)57-18(15-25(53)54)16-26(55)56;/h4-14,18H,15-16H2,1-3H3,(H3,44,45,46,47,48,49,50,51,53,54,55,56);/q;+2/p-1. The SMILES string of the molecule is CC(C)(C)c1ccc2c3nc4nc(nc5[n-]c(n[n+]6nc(nc([n-]3)c2c1)-c1ccccc1-6)c1c(Cl)c(OC(CC(=O)O)CC(=O)O)c(Cl)c(Cl)c51)-c1ccccc1-4.[Cu+2]. The predicted molar refractivity (Wildman–Crippen MR) is 213 cm³/mol. The number of benzene rings is 4. The van der Waals surface area contributed by atoms with Crippen molar-refractivity contribution >= 4 is 90.9 Å². The number of rotatable bonds is 6. The summed E-state index contributed by atoms with van der Waals surface area (Å²) in [6.45, 7) is 6.40. The molecule has 7 aromatic rings. The fraction of sp³-hybridized carbons (Fsp3) is 0.175. The molecule has 18 heteroatoms. The van der Waals surface area contributed by atoms with Crippen LogP contribution < -0.4 is 19.5 Å². The summed E-state index contributed by atoms with van der Waals surface area (Å²) in [5.74, 6) is -1.90. The van der Waals surface area contributed by atoms with Crippen molar-refractivity contribution in [2.24, 2.45) is 0 Å². The van der Waals surface area contributed by atoms with Crippen LogP contribution in [0, 0.1) is 0 Å². The number of aliphatic carboxylic acids is 2. The number of hydrogen-bond donors (Lipinski definition) is 2. The Morgan fingerprint density at radius 2 is 1.26 bits per heavy atom. The molecular formula is C40H27Cl3CuN9O5+. The van der Waals surface area contributed by atoms with Gasteiger partial charge in [0.15, 0.2) is 11.6 Å². The fourth-order valence-corrected chi connectivity index (χ4v) is 7.73. The zero-order valence-corrected chi connectivity index (χ0v) is 33.6. The molecule has 0 saturated carbocycles.